The van der Waals surface area contributed by atoms with Crippen LogP contribution >= 0.6 is 0 Å². The Morgan fingerprint density at radius 2 is 1.59 bits per heavy atom. The zero-order valence-corrected chi connectivity index (χ0v) is 14.8. The summed E-state index contributed by atoms with van der Waals surface area (Å²) in [7, 11) is -1.31. The van der Waals surface area contributed by atoms with Crippen LogP contribution in [-0.4, -0.2) is 8.07 Å². The van der Waals surface area contributed by atoms with Crippen molar-refractivity contribution in [1.29, 1.82) is 0 Å². The maximum Gasteiger partial charge on any atom is 0.0695 e. The van der Waals surface area contributed by atoms with Gasteiger partial charge in [0.05, 0.1) is 8.07 Å². The van der Waals surface area contributed by atoms with Gasteiger partial charge in [-0.1, -0.05) is 86.0 Å². The van der Waals surface area contributed by atoms with Gasteiger partial charge in [0.25, 0.3) is 0 Å². The molecular weight excluding hydrogens is 280 g/mol. The molecule has 0 spiro atoms. The molecule has 0 heterocycles. The van der Waals surface area contributed by atoms with Gasteiger partial charge in [0.15, 0.2) is 0 Å². The van der Waals surface area contributed by atoms with Gasteiger partial charge in [-0.3, -0.25) is 0 Å². The van der Waals surface area contributed by atoms with Gasteiger partial charge in [-0.15, -0.1) is 0 Å². The number of rotatable bonds is 3. The molecule has 0 aromatic heterocycles. The molecule has 0 atom stereocenters. The fraction of sp³-hybridized carbons (Fsp3) is 0.238. The Hall–Kier alpha value is -1.86. The maximum absolute atomic E-state index is 2.55. The largest absolute Gasteiger partial charge is 0.0867 e. The number of aryl methyl sites for hydroxylation is 1. The highest BCUT2D eigenvalue weighted by Gasteiger charge is 2.19. The molecule has 1 aliphatic rings. The lowest BCUT2D eigenvalue weighted by Gasteiger charge is -2.23. The second kappa shape index (κ2) is 6.10. The van der Waals surface area contributed by atoms with Crippen molar-refractivity contribution in [2.45, 2.75) is 32.5 Å². The van der Waals surface area contributed by atoms with Gasteiger partial charge in [0.2, 0.25) is 0 Å². The number of benzene rings is 2. The van der Waals surface area contributed by atoms with Gasteiger partial charge in [-0.2, -0.15) is 0 Å². The van der Waals surface area contributed by atoms with Gasteiger partial charge in [0, 0.05) is 0 Å². The van der Waals surface area contributed by atoms with E-state index in [0.29, 0.717) is 0 Å². The van der Waals surface area contributed by atoms with E-state index in [1.165, 1.54) is 27.8 Å². The highest BCUT2D eigenvalue weighted by molar-refractivity contribution is 6.82. The third kappa shape index (κ3) is 3.31. The van der Waals surface area contributed by atoms with Crippen LogP contribution in [0.1, 0.15) is 23.1 Å². The molecule has 3 rings (SSSR count). The summed E-state index contributed by atoms with van der Waals surface area (Å²) in [5.74, 6) is 0. The minimum absolute atomic E-state index is 1.14. The predicted molar refractivity (Wildman–Crippen MR) is 101 cm³/mol. The molecule has 0 amide bonds. The average molecular weight is 305 g/mol. The molecule has 0 bridgehead atoms. The molecule has 2 aromatic carbocycles. The number of allylic oxidation sites excluding steroid dienone is 3. The zero-order chi connectivity index (χ0) is 15.6. The van der Waals surface area contributed by atoms with Gasteiger partial charge >= 0.3 is 0 Å². The first-order chi connectivity index (χ1) is 10.5. The van der Waals surface area contributed by atoms with E-state index < -0.39 is 8.07 Å². The van der Waals surface area contributed by atoms with E-state index in [1.807, 2.05) is 0 Å². The topological polar surface area (TPSA) is 0 Å². The van der Waals surface area contributed by atoms with E-state index in [-0.39, 0.29) is 0 Å². The summed E-state index contributed by atoms with van der Waals surface area (Å²) in [5.41, 5.74) is 9.64. The second-order valence-corrected chi connectivity index (χ2v) is 12.1. The molecule has 2 aromatic rings. The van der Waals surface area contributed by atoms with Crippen molar-refractivity contribution in [3.8, 4) is 0 Å². The van der Waals surface area contributed by atoms with Crippen molar-refractivity contribution in [2.24, 2.45) is 0 Å². The van der Waals surface area contributed by atoms with Gasteiger partial charge in [0.1, 0.15) is 0 Å². The van der Waals surface area contributed by atoms with Crippen molar-refractivity contribution in [1.82, 2.24) is 0 Å². The Bertz CT molecular complexity index is 715. The quantitative estimate of drug-likeness (QED) is 0.612. The lowest BCUT2D eigenvalue weighted by Crippen LogP contribution is -2.17. The molecule has 0 aliphatic heterocycles. The van der Waals surface area contributed by atoms with Gasteiger partial charge in [-0.05, 0) is 40.7 Å². The summed E-state index contributed by atoms with van der Waals surface area (Å²) in [6.07, 6.45) is 4.73. The zero-order valence-electron chi connectivity index (χ0n) is 13.8. The molecule has 1 aliphatic carbocycles. The van der Waals surface area contributed by atoms with Crippen molar-refractivity contribution in [3.05, 3.63) is 83.1 Å². The third-order valence-electron chi connectivity index (χ3n) is 4.02. The Morgan fingerprint density at radius 3 is 2.32 bits per heavy atom. The van der Waals surface area contributed by atoms with Crippen molar-refractivity contribution in [3.63, 3.8) is 0 Å². The average Bonchev–Trinajstić information content (AvgIpc) is 2.52. The Kier molecular flexibility index (Phi) is 4.17. The summed E-state index contributed by atoms with van der Waals surface area (Å²) in [6.45, 7) is 7.22. The first kappa shape index (κ1) is 15.0. The summed E-state index contributed by atoms with van der Waals surface area (Å²) < 4.78 is 0. The number of fused-ring (bicyclic) bond motifs is 1. The second-order valence-electron chi connectivity index (χ2n) is 7.10. The Labute approximate surface area is 135 Å². The molecule has 0 unspecified atom stereocenters. The number of hydrogen-bond acceptors (Lipinski definition) is 0. The maximum atomic E-state index is 2.55. The standard InChI is InChI=1S/C21H24Si/c1-22(2,3)16-21(18-10-5-4-6-11-18)20-15-9-13-17-12-7-8-14-19(17)20/h4-8,10-12,14-16H,9,13H2,1-3H3/b21-16+. The van der Waals surface area contributed by atoms with Crippen molar-refractivity contribution in [2.75, 3.05) is 0 Å². The number of hydrogen-bond donors (Lipinski definition) is 0. The fourth-order valence-electron chi connectivity index (χ4n) is 3.11. The minimum Gasteiger partial charge on any atom is -0.0867 e. The van der Waals surface area contributed by atoms with Crippen molar-refractivity contribution < 1.29 is 0 Å². The summed E-state index contributed by atoms with van der Waals surface area (Å²) in [5, 5.41) is 0. The van der Waals surface area contributed by atoms with Crippen LogP contribution in [0.4, 0.5) is 0 Å². The Morgan fingerprint density at radius 1 is 0.909 bits per heavy atom. The molecule has 0 nitrogen and oxygen atoms in total. The molecule has 112 valence electrons. The van der Waals surface area contributed by atoms with Crippen LogP contribution in [0.25, 0.3) is 11.1 Å². The van der Waals surface area contributed by atoms with Crippen LogP contribution < -0.4 is 0 Å². The fourth-order valence-corrected chi connectivity index (χ4v) is 4.29. The molecule has 0 saturated carbocycles. The minimum atomic E-state index is -1.31. The van der Waals surface area contributed by atoms with Crippen LogP contribution in [0.15, 0.2) is 66.4 Å². The van der Waals surface area contributed by atoms with Crippen LogP contribution in [0.3, 0.4) is 0 Å². The summed E-state index contributed by atoms with van der Waals surface area (Å²) >= 11 is 0. The van der Waals surface area contributed by atoms with E-state index in [1.54, 1.807) is 0 Å². The third-order valence-corrected chi connectivity index (χ3v) is 5.18. The summed E-state index contributed by atoms with van der Waals surface area (Å²) in [4.78, 5) is 0. The molecule has 22 heavy (non-hydrogen) atoms. The first-order valence-electron chi connectivity index (χ1n) is 8.12. The molecule has 0 N–H and O–H groups in total. The molecular formula is C21H24Si. The van der Waals surface area contributed by atoms with Crippen LogP contribution in [0.5, 0.6) is 0 Å². The van der Waals surface area contributed by atoms with Crippen molar-refractivity contribution >= 4 is 19.2 Å². The van der Waals surface area contributed by atoms with Crippen LogP contribution in [-0.2, 0) is 6.42 Å². The highest BCUT2D eigenvalue weighted by Crippen LogP contribution is 2.37. The predicted octanol–water partition coefficient (Wildman–Crippen LogP) is 5.98. The molecule has 1 heteroatoms. The van der Waals surface area contributed by atoms with Gasteiger partial charge < -0.3 is 0 Å². The lowest BCUT2D eigenvalue weighted by atomic mass is 9.85. The highest BCUT2D eigenvalue weighted by atomic mass is 28.3. The Balaban J connectivity index is 2.16. The molecule has 0 fully saturated rings. The molecule has 0 radical (unpaired) electrons. The normalized spacial score (nSPS) is 15.2. The van der Waals surface area contributed by atoms with E-state index in [4.69, 9.17) is 0 Å². The van der Waals surface area contributed by atoms with E-state index >= 15 is 0 Å². The van der Waals surface area contributed by atoms with E-state index in [2.05, 4.69) is 86.0 Å². The van der Waals surface area contributed by atoms with Crippen LogP contribution in [0.2, 0.25) is 19.6 Å². The van der Waals surface area contributed by atoms with Gasteiger partial charge in [-0.25, -0.2) is 0 Å². The van der Waals surface area contributed by atoms with E-state index in [9.17, 15) is 0 Å². The van der Waals surface area contributed by atoms with Crippen LogP contribution in [0, 0.1) is 0 Å². The smallest absolute Gasteiger partial charge is 0.0695 e. The monoisotopic (exact) mass is 304 g/mol. The molecule has 0 saturated heterocycles. The van der Waals surface area contributed by atoms with E-state index in [0.717, 1.165) is 12.8 Å². The first-order valence-corrected chi connectivity index (χ1v) is 11.7. The summed E-state index contributed by atoms with van der Waals surface area (Å²) in [6, 6.07) is 19.7. The lowest BCUT2D eigenvalue weighted by molar-refractivity contribution is 0.980. The SMILES string of the molecule is C[Si](C)(C)/C=C(/C1=CCCc2ccccc21)c1ccccc1.